The molecule has 1 aromatic heterocycles. The second-order valence-electron chi connectivity index (χ2n) is 4.28. The van der Waals surface area contributed by atoms with Gasteiger partial charge in [0.15, 0.2) is 5.75 Å². The standard InChI is InChI=1S/C15H16ClNO2/c1-2-10-19-14-4-3-9-17(15(14)18)11-12-5-7-13(16)8-6-12/h3-9H,2,10-11H2,1H3. The number of rotatable bonds is 5. The van der Waals surface area contributed by atoms with E-state index < -0.39 is 0 Å². The zero-order valence-electron chi connectivity index (χ0n) is 10.8. The fourth-order valence-electron chi connectivity index (χ4n) is 1.75. The molecule has 2 rings (SSSR count). The molecular weight excluding hydrogens is 262 g/mol. The summed E-state index contributed by atoms with van der Waals surface area (Å²) in [5.41, 5.74) is 0.921. The first-order valence-electron chi connectivity index (χ1n) is 6.27. The quantitative estimate of drug-likeness (QED) is 0.839. The van der Waals surface area contributed by atoms with Gasteiger partial charge < -0.3 is 9.30 Å². The van der Waals surface area contributed by atoms with Gasteiger partial charge in [0.05, 0.1) is 13.2 Å². The summed E-state index contributed by atoms with van der Waals surface area (Å²) in [6.07, 6.45) is 2.64. The second-order valence-corrected chi connectivity index (χ2v) is 4.72. The molecule has 0 aliphatic rings. The first kappa shape index (κ1) is 13.7. The van der Waals surface area contributed by atoms with Crippen LogP contribution in [-0.2, 0) is 6.54 Å². The highest BCUT2D eigenvalue weighted by Crippen LogP contribution is 2.11. The third-order valence-corrected chi connectivity index (χ3v) is 2.97. The Morgan fingerprint density at radius 3 is 2.63 bits per heavy atom. The molecule has 2 aromatic rings. The van der Waals surface area contributed by atoms with E-state index in [4.69, 9.17) is 16.3 Å². The summed E-state index contributed by atoms with van der Waals surface area (Å²) in [6, 6.07) is 11.0. The van der Waals surface area contributed by atoms with E-state index in [1.165, 1.54) is 0 Å². The monoisotopic (exact) mass is 277 g/mol. The highest BCUT2D eigenvalue weighted by molar-refractivity contribution is 6.30. The van der Waals surface area contributed by atoms with E-state index in [0.717, 1.165) is 12.0 Å². The molecule has 0 atom stereocenters. The van der Waals surface area contributed by atoms with Crippen LogP contribution in [0.4, 0.5) is 0 Å². The van der Waals surface area contributed by atoms with Crippen LogP contribution in [0.2, 0.25) is 5.02 Å². The Morgan fingerprint density at radius 1 is 1.21 bits per heavy atom. The fraction of sp³-hybridized carbons (Fsp3) is 0.267. The van der Waals surface area contributed by atoms with Crippen LogP contribution in [0.5, 0.6) is 5.75 Å². The molecule has 1 heterocycles. The minimum Gasteiger partial charge on any atom is -0.488 e. The van der Waals surface area contributed by atoms with E-state index in [1.807, 2.05) is 37.3 Å². The molecule has 3 nitrogen and oxygen atoms in total. The van der Waals surface area contributed by atoms with Gasteiger partial charge in [-0.2, -0.15) is 0 Å². The molecule has 0 saturated heterocycles. The zero-order valence-corrected chi connectivity index (χ0v) is 11.6. The van der Waals surface area contributed by atoms with Crippen molar-refractivity contribution in [3.05, 3.63) is 63.5 Å². The van der Waals surface area contributed by atoms with Crippen LogP contribution in [0.25, 0.3) is 0 Å². The normalized spacial score (nSPS) is 10.4. The van der Waals surface area contributed by atoms with Crippen LogP contribution in [0.15, 0.2) is 47.4 Å². The highest BCUT2D eigenvalue weighted by atomic mass is 35.5. The summed E-state index contributed by atoms with van der Waals surface area (Å²) in [6.45, 7) is 3.08. The molecular formula is C15H16ClNO2. The van der Waals surface area contributed by atoms with Gasteiger partial charge in [0, 0.05) is 11.2 Å². The number of ether oxygens (including phenoxy) is 1. The predicted molar refractivity (Wildman–Crippen MR) is 77.0 cm³/mol. The topological polar surface area (TPSA) is 31.2 Å². The Bertz CT molecular complexity index is 590. The van der Waals surface area contributed by atoms with E-state index in [1.54, 1.807) is 16.8 Å². The Balaban J connectivity index is 2.20. The van der Waals surface area contributed by atoms with Crippen LogP contribution in [-0.4, -0.2) is 11.2 Å². The van der Waals surface area contributed by atoms with Gasteiger partial charge in [-0.15, -0.1) is 0 Å². The van der Waals surface area contributed by atoms with Crippen molar-refractivity contribution in [3.8, 4) is 5.75 Å². The number of hydrogen-bond donors (Lipinski definition) is 0. The maximum absolute atomic E-state index is 12.2. The van der Waals surface area contributed by atoms with Gasteiger partial charge >= 0.3 is 0 Å². The lowest BCUT2D eigenvalue weighted by atomic mass is 10.2. The van der Waals surface area contributed by atoms with Crippen molar-refractivity contribution in [1.29, 1.82) is 0 Å². The van der Waals surface area contributed by atoms with Crippen LogP contribution in [0, 0.1) is 0 Å². The van der Waals surface area contributed by atoms with Gasteiger partial charge in [0.25, 0.3) is 5.56 Å². The summed E-state index contributed by atoms with van der Waals surface area (Å²) in [5.74, 6) is 0.401. The lowest BCUT2D eigenvalue weighted by Gasteiger charge is -2.09. The van der Waals surface area contributed by atoms with Crippen molar-refractivity contribution < 1.29 is 4.74 Å². The molecule has 0 spiro atoms. The van der Waals surface area contributed by atoms with Crippen LogP contribution in [0.3, 0.4) is 0 Å². The largest absolute Gasteiger partial charge is 0.488 e. The summed E-state index contributed by atoms with van der Waals surface area (Å²) in [5, 5.41) is 0.691. The lowest BCUT2D eigenvalue weighted by Crippen LogP contribution is -2.21. The molecule has 1 aromatic carbocycles. The number of pyridine rings is 1. The Labute approximate surface area is 117 Å². The lowest BCUT2D eigenvalue weighted by molar-refractivity contribution is 0.310. The van der Waals surface area contributed by atoms with E-state index in [2.05, 4.69) is 0 Å². The fourth-order valence-corrected chi connectivity index (χ4v) is 1.87. The van der Waals surface area contributed by atoms with Gasteiger partial charge in [0.1, 0.15) is 0 Å². The summed E-state index contributed by atoms with van der Waals surface area (Å²) < 4.78 is 7.06. The van der Waals surface area contributed by atoms with E-state index in [9.17, 15) is 4.79 Å². The molecule has 0 unspecified atom stereocenters. The summed E-state index contributed by atoms with van der Waals surface area (Å²) >= 11 is 5.84. The number of halogens is 1. The van der Waals surface area contributed by atoms with E-state index in [-0.39, 0.29) is 5.56 Å². The van der Waals surface area contributed by atoms with E-state index >= 15 is 0 Å². The van der Waals surface area contributed by atoms with Gasteiger partial charge in [-0.1, -0.05) is 30.7 Å². The average molecular weight is 278 g/mol. The number of aromatic nitrogens is 1. The molecule has 4 heteroatoms. The summed E-state index contributed by atoms with van der Waals surface area (Å²) in [4.78, 5) is 12.2. The average Bonchev–Trinajstić information content (AvgIpc) is 2.42. The van der Waals surface area contributed by atoms with Crippen LogP contribution in [0.1, 0.15) is 18.9 Å². The maximum atomic E-state index is 12.2. The van der Waals surface area contributed by atoms with Crippen LogP contribution >= 0.6 is 11.6 Å². The summed E-state index contributed by atoms with van der Waals surface area (Å²) in [7, 11) is 0. The molecule has 0 aliphatic heterocycles. The van der Waals surface area contributed by atoms with Crippen molar-refractivity contribution in [2.75, 3.05) is 6.61 Å². The Hall–Kier alpha value is -1.74. The first-order chi connectivity index (χ1) is 9.20. The molecule has 100 valence electrons. The molecule has 0 radical (unpaired) electrons. The molecule has 0 aliphatic carbocycles. The van der Waals surface area contributed by atoms with Gasteiger partial charge in [-0.25, -0.2) is 0 Å². The van der Waals surface area contributed by atoms with Crippen molar-refractivity contribution in [3.63, 3.8) is 0 Å². The van der Waals surface area contributed by atoms with Crippen molar-refractivity contribution in [1.82, 2.24) is 4.57 Å². The van der Waals surface area contributed by atoms with Crippen molar-refractivity contribution in [2.24, 2.45) is 0 Å². The molecule has 0 saturated carbocycles. The van der Waals surface area contributed by atoms with Gasteiger partial charge in [-0.05, 0) is 36.2 Å². The van der Waals surface area contributed by atoms with E-state index in [0.29, 0.717) is 23.9 Å². The first-order valence-corrected chi connectivity index (χ1v) is 6.65. The van der Waals surface area contributed by atoms with Crippen molar-refractivity contribution >= 4 is 11.6 Å². The van der Waals surface area contributed by atoms with Gasteiger partial charge in [-0.3, -0.25) is 4.79 Å². The highest BCUT2D eigenvalue weighted by Gasteiger charge is 2.04. The van der Waals surface area contributed by atoms with Gasteiger partial charge in [0.2, 0.25) is 0 Å². The molecule has 0 amide bonds. The Morgan fingerprint density at radius 2 is 1.95 bits per heavy atom. The zero-order chi connectivity index (χ0) is 13.7. The molecule has 19 heavy (non-hydrogen) atoms. The number of hydrogen-bond acceptors (Lipinski definition) is 2. The smallest absolute Gasteiger partial charge is 0.293 e. The maximum Gasteiger partial charge on any atom is 0.293 e. The predicted octanol–water partition coefficient (Wildman–Crippen LogP) is 3.34. The number of benzene rings is 1. The molecule has 0 fully saturated rings. The van der Waals surface area contributed by atoms with Crippen LogP contribution < -0.4 is 10.3 Å². The SMILES string of the molecule is CCCOc1cccn(Cc2ccc(Cl)cc2)c1=O. The Kier molecular flexibility index (Phi) is 4.63. The molecule has 0 N–H and O–H groups in total. The third-order valence-electron chi connectivity index (χ3n) is 2.71. The number of nitrogens with zero attached hydrogens (tertiary/aromatic N) is 1. The second kappa shape index (κ2) is 6.43. The third kappa shape index (κ3) is 3.61. The van der Waals surface area contributed by atoms with Crippen molar-refractivity contribution in [2.45, 2.75) is 19.9 Å². The minimum absolute atomic E-state index is 0.106. The minimum atomic E-state index is -0.106. The molecule has 0 bridgehead atoms.